The molecule has 5 heteroatoms. The van der Waals surface area contributed by atoms with Gasteiger partial charge in [-0.2, -0.15) is 0 Å². The Morgan fingerprint density at radius 3 is 2.47 bits per heavy atom. The third-order valence-electron chi connectivity index (χ3n) is 4.75. The van der Waals surface area contributed by atoms with E-state index in [1.807, 2.05) is 0 Å². The van der Waals surface area contributed by atoms with Crippen LogP contribution in [0.2, 0.25) is 0 Å². The van der Waals surface area contributed by atoms with Crippen molar-refractivity contribution in [3.05, 3.63) is 0 Å². The van der Waals surface area contributed by atoms with Crippen molar-refractivity contribution in [3.63, 3.8) is 0 Å². The molecule has 2 fully saturated rings. The second-order valence-electron chi connectivity index (χ2n) is 5.89. The molecule has 0 aromatic carbocycles. The number of rotatable bonds is 4. The van der Waals surface area contributed by atoms with E-state index in [1.54, 1.807) is 0 Å². The van der Waals surface area contributed by atoms with E-state index in [2.05, 4.69) is 17.6 Å². The Labute approximate surface area is 114 Å². The monoisotopic (exact) mass is 267 g/mol. The molecule has 1 aliphatic carbocycles. The molecule has 19 heavy (non-hydrogen) atoms. The Bertz CT molecular complexity index is 343. The molecule has 2 rings (SSSR count). The molecule has 4 N–H and O–H groups in total. The molecule has 1 saturated carbocycles. The Kier molecular flexibility index (Phi) is 4.45. The lowest BCUT2D eigenvalue weighted by atomic mass is 9.84. The molecule has 108 valence electrons. The highest BCUT2D eigenvalue weighted by Crippen LogP contribution is 2.27. The molecule has 0 aromatic heterocycles. The van der Waals surface area contributed by atoms with Crippen molar-refractivity contribution in [3.8, 4) is 0 Å². The van der Waals surface area contributed by atoms with Gasteiger partial charge in [-0.25, -0.2) is 0 Å². The van der Waals surface area contributed by atoms with Crippen LogP contribution in [0, 0.1) is 5.92 Å². The molecule has 0 bridgehead atoms. The molecule has 1 unspecified atom stereocenters. The minimum atomic E-state index is -0.361. The first kappa shape index (κ1) is 14.3. The van der Waals surface area contributed by atoms with Crippen molar-refractivity contribution in [2.24, 2.45) is 11.7 Å². The van der Waals surface area contributed by atoms with Gasteiger partial charge >= 0.3 is 0 Å². The minimum Gasteiger partial charge on any atom is -0.369 e. The van der Waals surface area contributed by atoms with Crippen molar-refractivity contribution in [1.29, 1.82) is 0 Å². The SMILES string of the molecule is CCC1(C(=O)NC2CCC(C(N)=O)CC2)CCCN1. The second-order valence-corrected chi connectivity index (χ2v) is 5.89. The van der Waals surface area contributed by atoms with Gasteiger partial charge in [-0.1, -0.05) is 6.92 Å². The van der Waals surface area contributed by atoms with E-state index in [1.165, 1.54) is 0 Å². The highest BCUT2D eigenvalue weighted by Gasteiger charge is 2.40. The fourth-order valence-electron chi connectivity index (χ4n) is 3.31. The molecule has 0 radical (unpaired) electrons. The summed E-state index contributed by atoms with van der Waals surface area (Å²) in [6.07, 6.45) is 6.13. The number of hydrogen-bond donors (Lipinski definition) is 3. The molecule has 1 atom stereocenters. The molecule has 1 aliphatic heterocycles. The van der Waals surface area contributed by atoms with Crippen LogP contribution in [0.25, 0.3) is 0 Å². The minimum absolute atomic E-state index is 0.00195. The summed E-state index contributed by atoms with van der Waals surface area (Å²) < 4.78 is 0. The molecular formula is C14H25N3O2. The number of carbonyl (C=O) groups is 2. The van der Waals surface area contributed by atoms with E-state index in [9.17, 15) is 9.59 Å². The van der Waals surface area contributed by atoms with E-state index in [0.717, 1.165) is 51.5 Å². The fraction of sp³-hybridized carbons (Fsp3) is 0.857. The molecule has 0 aromatic rings. The number of amides is 2. The number of hydrogen-bond acceptors (Lipinski definition) is 3. The van der Waals surface area contributed by atoms with Gasteiger partial charge in [0.15, 0.2) is 0 Å². The van der Waals surface area contributed by atoms with Crippen molar-refractivity contribution >= 4 is 11.8 Å². The molecule has 5 nitrogen and oxygen atoms in total. The standard InChI is InChI=1S/C14H25N3O2/c1-2-14(8-3-9-16-14)13(19)17-11-6-4-10(5-7-11)12(15)18/h10-11,16H,2-9H2,1H3,(H2,15,18)(H,17,19). The first-order chi connectivity index (χ1) is 9.07. The number of carbonyl (C=O) groups excluding carboxylic acids is 2. The average molecular weight is 267 g/mol. The Morgan fingerprint density at radius 2 is 2.00 bits per heavy atom. The summed E-state index contributed by atoms with van der Waals surface area (Å²) in [5.74, 6) is -0.0693. The van der Waals surface area contributed by atoms with E-state index in [-0.39, 0.29) is 29.3 Å². The van der Waals surface area contributed by atoms with Crippen LogP contribution in [0.1, 0.15) is 51.9 Å². The Hall–Kier alpha value is -1.10. The highest BCUT2D eigenvalue weighted by molar-refractivity contribution is 5.87. The molecular weight excluding hydrogens is 242 g/mol. The van der Waals surface area contributed by atoms with Crippen molar-refractivity contribution in [2.45, 2.75) is 63.5 Å². The molecule has 2 aliphatic rings. The molecule has 1 heterocycles. The van der Waals surface area contributed by atoms with Crippen LogP contribution in [0.3, 0.4) is 0 Å². The van der Waals surface area contributed by atoms with Crippen LogP contribution >= 0.6 is 0 Å². The van der Waals surface area contributed by atoms with Crippen molar-refractivity contribution in [1.82, 2.24) is 10.6 Å². The predicted octanol–water partition coefficient (Wildman–Crippen LogP) is 0.679. The number of nitrogens with two attached hydrogens (primary N) is 1. The zero-order chi connectivity index (χ0) is 13.9. The quantitative estimate of drug-likeness (QED) is 0.700. The van der Waals surface area contributed by atoms with Gasteiger partial charge in [0.05, 0.1) is 5.54 Å². The second kappa shape index (κ2) is 5.90. The van der Waals surface area contributed by atoms with Gasteiger partial charge in [0, 0.05) is 12.0 Å². The van der Waals surface area contributed by atoms with Gasteiger partial charge in [0.2, 0.25) is 11.8 Å². The lowest BCUT2D eigenvalue weighted by molar-refractivity contribution is -0.128. The maximum atomic E-state index is 12.4. The summed E-state index contributed by atoms with van der Waals surface area (Å²) >= 11 is 0. The zero-order valence-corrected chi connectivity index (χ0v) is 11.7. The summed E-state index contributed by atoms with van der Waals surface area (Å²) in [4.78, 5) is 23.5. The predicted molar refractivity (Wildman–Crippen MR) is 73.3 cm³/mol. The topological polar surface area (TPSA) is 84.2 Å². The van der Waals surface area contributed by atoms with Gasteiger partial charge < -0.3 is 16.4 Å². The van der Waals surface area contributed by atoms with E-state index in [4.69, 9.17) is 5.73 Å². The summed E-state index contributed by atoms with van der Waals surface area (Å²) in [5, 5.41) is 6.51. The summed E-state index contributed by atoms with van der Waals surface area (Å²) in [7, 11) is 0. The summed E-state index contributed by atoms with van der Waals surface area (Å²) in [6.45, 7) is 2.98. The normalized spacial score (nSPS) is 35.0. The summed E-state index contributed by atoms with van der Waals surface area (Å²) in [5.41, 5.74) is 4.96. The van der Waals surface area contributed by atoms with Crippen LogP contribution in [0.4, 0.5) is 0 Å². The highest BCUT2D eigenvalue weighted by atomic mass is 16.2. The maximum absolute atomic E-state index is 12.4. The van der Waals surface area contributed by atoms with Crippen LogP contribution in [-0.2, 0) is 9.59 Å². The van der Waals surface area contributed by atoms with Gasteiger partial charge in [0.1, 0.15) is 0 Å². The molecule has 1 saturated heterocycles. The zero-order valence-electron chi connectivity index (χ0n) is 11.7. The molecule has 2 amide bonds. The largest absolute Gasteiger partial charge is 0.369 e. The third-order valence-corrected chi connectivity index (χ3v) is 4.75. The maximum Gasteiger partial charge on any atom is 0.240 e. The lowest BCUT2D eigenvalue weighted by Crippen LogP contribution is -2.55. The first-order valence-corrected chi connectivity index (χ1v) is 7.43. The van der Waals surface area contributed by atoms with Crippen LogP contribution < -0.4 is 16.4 Å². The average Bonchev–Trinajstić information content (AvgIpc) is 2.89. The third kappa shape index (κ3) is 3.08. The van der Waals surface area contributed by atoms with Crippen molar-refractivity contribution in [2.75, 3.05) is 6.54 Å². The lowest BCUT2D eigenvalue weighted by Gasteiger charge is -2.32. The van der Waals surface area contributed by atoms with Gasteiger partial charge in [-0.3, -0.25) is 9.59 Å². The molecule has 0 spiro atoms. The Morgan fingerprint density at radius 1 is 1.32 bits per heavy atom. The van der Waals surface area contributed by atoms with E-state index < -0.39 is 0 Å². The number of primary amides is 1. The van der Waals surface area contributed by atoms with Gasteiger partial charge in [-0.15, -0.1) is 0 Å². The summed E-state index contributed by atoms with van der Waals surface area (Å²) in [6, 6.07) is 0.203. The fourth-order valence-corrected chi connectivity index (χ4v) is 3.31. The van der Waals surface area contributed by atoms with Crippen LogP contribution in [-0.4, -0.2) is 29.9 Å². The van der Waals surface area contributed by atoms with E-state index >= 15 is 0 Å². The van der Waals surface area contributed by atoms with Crippen LogP contribution in [0.5, 0.6) is 0 Å². The first-order valence-electron chi connectivity index (χ1n) is 7.43. The van der Waals surface area contributed by atoms with Gasteiger partial charge in [0.25, 0.3) is 0 Å². The van der Waals surface area contributed by atoms with Crippen LogP contribution in [0.15, 0.2) is 0 Å². The smallest absolute Gasteiger partial charge is 0.240 e. The number of nitrogens with one attached hydrogen (secondary N) is 2. The van der Waals surface area contributed by atoms with E-state index in [0.29, 0.717) is 0 Å². The van der Waals surface area contributed by atoms with Gasteiger partial charge in [-0.05, 0) is 51.5 Å². The Balaban J connectivity index is 1.85. The van der Waals surface area contributed by atoms with Crippen molar-refractivity contribution < 1.29 is 9.59 Å².